The smallest absolute Gasteiger partial charge is 0.0162 e. The van der Waals surface area contributed by atoms with E-state index in [4.69, 9.17) is 0 Å². The van der Waals surface area contributed by atoms with E-state index in [2.05, 4.69) is 187 Å². The van der Waals surface area contributed by atoms with E-state index in [-0.39, 0.29) is 0 Å². The van der Waals surface area contributed by atoms with Crippen molar-refractivity contribution in [1.82, 2.24) is 0 Å². The molecule has 0 spiro atoms. The summed E-state index contributed by atoms with van der Waals surface area (Å²) in [6.45, 7) is 14.1. The maximum atomic E-state index is 2.64. The topological polar surface area (TPSA) is 0 Å². The van der Waals surface area contributed by atoms with Crippen molar-refractivity contribution in [3.63, 3.8) is 0 Å². The lowest BCUT2D eigenvalue weighted by atomic mass is 9.75. The molecule has 6 saturated carbocycles. The van der Waals surface area contributed by atoms with E-state index < -0.39 is 0 Å². The number of unbranched alkanes of at least 4 members (excludes halogenated alkanes) is 42. The molecule has 0 heteroatoms. The van der Waals surface area contributed by atoms with E-state index in [0.717, 1.165) is 113 Å². The van der Waals surface area contributed by atoms with Gasteiger partial charge in [0.2, 0.25) is 0 Å². The molecule has 0 bridgehead atoms. The van der Waals surface area contributed by atoms with Crippen LogP contribution in [0.4, 0.5) is 0 Å². The molecular formula is C150H234. The zero-order chi connectivity index (χ0) is 104. The summed E-state index contributed by atoms with van der Waals surface area (Å²) in [5.74, 6) is 9.81. The van der Waals surface area contributed by atoms with Gasteiger partial charge in [-0.1, -0.05) is 534 Å². The first-order chi connectivity index (χ1) is 74.2. The Hall–Kier alpha value is -5.46. The molecule has 6 fully saturated rings. The molecular weight excluding hydrogens is 1800 g/mol. The summed E-state index contributed by atoms with van der Waals surface area (Å²) in [6.07, 6.45) is 124. The second-order valence-corrected chi connectivity index (χ2v) is 52.2. The van der Waals surface area contributed by atoms with Crippen molar-refractivity contribution >= 4 is 0 Å². The van der Waals surface area contributed by atoms with Gasteiger partial charge in [0.05, 0.1) is 0 Å². The molecule has 6 aliphatic carbocycles. The average molecular weight is 2040 g/mol. The molecule has 0 saturated heterocycles. The SMILES string of the molecule is CCCCCCCCCCC1CCC(c2ccc(CCc3c(CCc4ccc(C5CCC(CCCCCCCCCC)CC5)cc4)c(CCc4ccc(C5CCC(CCCCCCCCCC)CC5)cc4)c(CCc4ccc(C5CCC(CCCCCCCCCC)CC5)cc4)c(CCc4ccc(C5CCC(CCCCCCCCCC)CC5)cc4)c3CCc3ccc(C4CCC(CCCCCCCCCC)CC4)cc3)cc2)CC1. The summed E-state index contributed by atoms with van der Waals surface area (Å²) < 4.78 is 0. The summed E-state index contributed by atoms with van der Waals surface area (Å²) in [7, 11) is 0. The number of rotatable bonds is 78. The Morgan fingerprint density at radius 1 is 0.120 bits per heavy atom. The van der Waals surface area contributed by atoms with E-state index in [1.54, 1.807) is 100 Å². The normalized spacial score (nSPS) is 21.3. The summed E-state index contributed by atoms with van der Waals surface area (Å²) in [4.78, 5) is 0. The minimum Gasteiger partial charge on any atom is -0.0654 e. The number of aryl methyl sites for hydroxylation is 6. The molecule has 834 valence electrons. The van der Waals surface area contributed by atoms with Crippen LogP contribution in [0.5, 0.6) is 0 Å². The first-order valence-electron chi connectivity index (χ1n) is 67.9. The third-order valence-electron chi connectivity index (χ3n) is 40.8. The molecule has 0 heterocycles. The lowest BCUT2D eigenvalue weighted by Crippen LogP contribution is -2.18. The fourth-order valence-corrected chi connectivity index (χ4v) is 30.4. The Morgan fingerprint density at radius 2 is 0.227 bits per heavy atom. The predicted molar refractivity (Wildman–Crippen MR) is 661 cm³/mol. The molecule has 0 N–H and O–H groups in total. The van der Waals surface area contributed by atoms with Crippen LogP contribution in [0.25, 0.3) is 0 Å². The molecule has 0 amide bonds. The first kappa shape index (κ1) is 122. The summed E-state index contributed by atoms with van der Waals surface area (Å²) in [5.41, 5.74) is 29.5. The quantitative estimate of drug-likeness (QED) is 0.0333. The van der Waals surface area contributed by atoms with Gasteiger partial charge in [-0.15, -0.1) is 0 Å². The minimum atomic E-state index is 0.703. The van der Waals surface area contributed by atoms with Crippen LogP contribution in [0.15, 0.2) is 146 Å². The molecule has 0 aliphatic heterocycles. The van der Waals surface area contributed by atoms with Gasteiger partial charge in [0.25, 0.3) is 0 Å². The lowest BCUT2D eigenvalue weighted by molar-refractivity contribution is 0.301. The Kier molecular flexibility index (Phi) is 59.9. The largest absolute Gasteiger partial charge is 0.0654 e. The van der Waals surface area contributed by atoms with E-state index in [9.17, 15) is 0 Å². The Morgan fingerprint density at radius 3 is 0.340 bits per heavy atom. The average Bonchev–Trinajstić information content (AvgIpc) is 0.757. The van der Waals surface area contributed by atoms with Gasteiger partial charge in [0.15, 0.2) is 0 Å². The Labute approximate surface area is 929 Å². The van der Waals surface area contributed by atoms with E-state index in [1.807, 2.05) is 0 Å². The highest BCUT2D eigenvalue weighted by molar-refractivity contribution is 5.55. The standard InChI is InChI=1S/C150H234/c1-7-13-19-25-31-37-43-49-55-121-61-91-133(92-62-121)139-103-73-127(74-104-139)85-115-145-146(116-86-128-75-105-140(106-76-128)134-93-63-122(64-94-134)56-50-44-38-32-26-20-14-8-2)148(118-88-130-79-109-142(110-80-130)136-97-67-124(68-98-136)58-52-46-40-34-28-22-16-10-4)150(120-90-132-83-113-144(114-84-132)138-101-71-126(72-102-138)60-54-48-42-36-30-24-18-12-6)149(119-89-131-81-111-143(112-82-131)137-99-69-125(70-100-137)59-53-47-41-35-29-23-17-11-5)147(145)117-87-129-77-107-141(108-78-129)135-95-65-123(66-96-135)57-51-45-39-33-27-21-15-9-3/h73-84,103-114,121-126,133-138H,7-72,85-102,115-120H2,1-6H3. The second-order valence-electron chi connectivity index (χ2n) is 52.2. The summed E-state index contributed by atoms with van der Waals surface area (Å²) >= 11 is 0. The predicted octanol–water partition coefficient (Wildman–Crippen LogP) is 47.2. The maximum absolute atomic E-state index is 2.64. The van der Waals surface area contributed by atoms with E-state index >= 15 is 0 Å². The molecule has 0 atom stereocenters. The van der Waals surface area contributed by atoms with Gasteiger partial charge in [0.1, 0.15) is 0 Å². The monoisotopic (exact) mass is 2040 g/mol. The van der Waals surface area contributed by atoms with Crippen LogP contribution >= 0.6 is 0 Å². The van der Waals surface area contributed by atoms with Crippen LogP contribution in [-0.4, -0.2) is 0 Å². The van der Waals surface area contributed by atoms with Crippen molar-refractivity contribution in [2.24, 2.45) is 35.5 Å². The second kappa shape index (κ2) is 74.0. The van der Waals surface area contributed by atoms with Gasteiger partial charge >= 0.3 is 0 Å². The Balaban J connectivity index is 0.840. The zero-order valence-electron chi connectivity index (χ0n) is 99.4. The van der Waals surface area contributed by atoms with Crippen molar-refractivity contribution in [2.75, 3.05) is 0 Å². The van der Waals surface area contributed by atoms with Crippen LogP contribution in [0.2, 0.25) is 0 Å². The highest BCUT2D eigenvalue weighted by Gasteiger charge is 2.32. The molecule has 0 unspecified atom stereocenters. The van der Waals surface area contributed by atoms with Crippen molar-refractivity contribution in [3.05, 3.63) is 246 Å². The third kappa shape index (κ3) is 44.8. The van der Waals surface area contributed by atoms with Gasteiger partial charge in [-0.25, -0.2) is 0 Å². The molecule has 7 aromatic carbocycles. The summed E-state index contributed by atoms with van der Waals surface area (Å²) in [5, 5.41) is 0. The third-order valence-corrected chi connectivity index (χ3v) is 40.8. The maximum Gasteiger partial charge on any atom is -0.0162 e. The molecule has 13 rings (SSSR count). The van der Waals surface area contributed by atoms with Crippen LogP contribution in [0.3, 0.4) is 0 Å². The van der Waals surface area contributed by atoms with Crippen LogP contribution in [0.1, 0.15) is 678 Å². The van der Waals surface area contributed by atoms with Gasteiger partial charge < -0.3 is 0 Å². The van der Waals surface area contributed by atoms with Crippen molar-refractivity contribution in [2.45, 2.75) is 655 Å². The van der Waals surface area contributed by atoms with Crippen molar-refractivity contribution < 1.29 is 0 Å². The molecule has 0 radical (unpaired) electrons. The minimum absolute atomic E-state index is 0.703. The molecule has 6 aliphatic rings. The molecule has 150 heavy (non-hydrogen) atoms. The fraction of sp³-hybridized carbons (Fsp3) is 0.720. The van der Waals surface area contributed by atoms with Crippen LogP contribution in [0, 0.1) is 35.5 Å². The van der Waals surface area contributed by atoms with E-state index in [0.29, 0.717) is 35.5 Å². The molecule has 7 aromatic rings. The van der Waals surface area contributed by atoms with E-state index in [1.165, 1.54) is 501 Å². The van der Waals surface area contributed by atoms with Gasteiger partial charge in [-0.05, 0) is 402 Å². The van der Waals surface area contributed by atoms with Crippen LogP contribution < -0.4 is 0 Å². The van der Waals surface area contributed by atoms with Crippen molar-refractivity contribution in [1.29, 1.82) is 0 Å². The number of benzene rings is 7. The summed E-state index contributed by atoms with van der Waals surface area (Å²) in [6, 6.07) is 63.4. The number of hydrogen-bond acceptors (Lipinski definition) is 0. The number of hydrogen-bond donors (Lipinski definition) is 0. The van der Waals surface area contributed by atoms with Crippen LogP contribution in [-0.2, 0) is 77.0 Å². The first-order valence-corrected chi connectivity index (χ1v) is 67.9. The van der Waals surface area contributed by atoms with Gasteiger partial charge in [-0.2, -0.15) is 0 Å². The van der Waals surface area contributed by atoms with Gasteiger partial charge in [-0.3, -0.25) is 0 Å². The zero-order valence-corrected chi connectivity index (χ0v) is 99.4. The van der Waals surface area contributed by atoms with Crippen molar-refractivity contribution in [3.8, 4) is 0 Å². The highest BCUT2D eigenvalue weighted by Crippen LogP contribution is 2.47. The highest BCUT2D eigenvalue weighted by atomic mass is 14.4. The fourth-order valence-electron chi connectivity index (χ4n) is 30.4. The van der Waals surface area contributed by atoms with Gasteiger partial charge in [0, 0.05) is 0 Å². The lowest BCUT2D eigenvalue weighted by Gasteiger charge is -2.30. The molecule has 0 aromatic heterocycles. The Bertz CT molecular complexity index is 3710. The molecule has 0 nitrogen and oxygen atoms in total.